The van der Waals surface area contributed by atoms with E-state index < -0.39 is 10.0 Å². The Morgan fingerprint density at radius 1 is 1.35 bits per heavy atom. The summed E-state index contributed by atoms with van der Waals surface area (Å²) in [6.07, 6.45) is 0. The monoisotopic (exact) mass is 256 g/mol. The summed E-state index contributed by atoms with van der Waals surface area (Å²) < 4.78 is 22.2. The maximum Gasteiger partial charge on any atom is 0.251 e. The van der Waals surface area contributed by atoms with E-state index in [0.717, 1.165) is 0 Å². The van der Waals surface area contributed by atoms with Crippen LogP contribution in [0.3, 0.4) is 0 Å². The van der Waals surface area contributed by atoms with Gasteiger partial charge in [0.1, 0.15) is 0 Å². The van der Waals surface area contributed by atoms with E-state index in [2.05, 4.69) is 5.32 Å². The summed E-state index contributed by atoms with van der Waals surface area (Å²) >= 11 is 0. The SMILES string of the molecule is Cc1cc(S(N)(=O)=O)ccc1C(=O)NC(C)C. The highest BCUT2D eigenvalue weighted by molar-refractivity contribution is 7.89. The fourth-order valence-corrected chi connectivity index (χ4v) is 2.01. The Hall–Kier alpha value is -1.40. The molecule has 0 spiro atoms. The zero-order valence-corrected chi connectivity index (χ0v) is 10.8. The molecule has 0 saturated carbocycles. The number of hydrogen-bond donors (Lipinski definition) is 2. The standard InChI is InChI=1S/C11H16N2O3S/c1-7(2)13-11(14)10-5-4-9(6-8(10)3)17(12,15)16/h4-7H,1-3H3,(H,13,14)(H2,12,15,16). The zero-order valence-electron chi connectivity index (χ0n) is 10.0. The molecule has 0 aliphatic heterocycles. The van der Waals surface area contributed by atoms with Gasteiger partial charge in [0.15, 0.2) is 0 Å². The number of hydrogen-bond acceptors (Lipinski definition) is 3. The largest absolute Gasteiger partial charge is 0.350 e. The summed E-state index contributed by atoms with van der Waals surface area (Å²) in [5.74, 6) is -0.224. The van der Waals surface area contributed by atoms with Crippen LogP contribution in [0, 0.1) is 6.92 Å². The van der Waals surface area contributed by atoms with Gasteiger partial charge in [-0.15, -0.1) is 0 Å². The van der Waals surface area contributed by atoms with Gasteiger partial charge in [0, 0.05) is 11.6 Å². The third-order valence-corrected chi connectivity index (χ3v) is 3.10. The van der Waals surface area contributed by atoms with E-state index in [1.165, 1.54) is 18.2 Å². The highest BCUT2D eigenvalue weighted by Crippen LogP contribution is 2.14. The molecule has 94 valence electrons. The van der Waals surface area contributed by atoms with Crippen LogP contribution >= 0.6 is 0 Å². The number of rotatable bonds is 3. The first kappa shape index (κ1) is 13.7. The summed E-state index contributed by atoms with van der Waals surface area (Å²) in [4.78, 5) is 11.8. The molecule has 0 heterocycles. The number of sulfonamides is 1. The average Bonchev–Trinajstić information content (AvgIpc) is 2.14. The Morgan fingerprint density at radius 2 is 1.94 bits per heavy atom. The number of nitrogens with two attached hydrogens (primary N) is 1. The zero-order chi connectivity index (χ0) is 13.2. The second kappa shape index (κ2) is 4.85. The molecule has 1 aromatic carbocycles. The highest BCUT2D eigenvalue weighted by atomic mass is 32.2. The molecule has 3 N–H and O–H groups in total. The van der Waals surface area contributed by atoms with Crippen LogP contribution in [0.2, 0.25) is 0 Å². The van der Waals surface area contributed by atoms with Crippen molar-refractivity contribution in [3.63, 3.8) is 0 Å². The Morgan fingerprint density at radius 3 is 2.35 bits per heavy atom. The molecule has 0 aromatic heterocycles. The van der Waals surface area contributed by atoms with Gasteiger partial charge in [-0.2, -0.15) is 0 Å². The van der Waals surface area contributed by atoms with E-state index in [9.17, 15) is 13.2 Å². The topological polar surface area (TPSA) is 89.3 Å². The molecule has 17 heavy (non-hydrogen) atoms. The number of amides is 1. The van der Waals surface area contributed by atoms with Crippen LogP contribution in [-0.2, 0) is 10.0 Å². The molecule has 5 nitrogen and oxygen atoms in total. The first-order chi connectivity index (χ1) is 7.71. The highest BCUT2D eigenvalue weighted by Gasteiger charge is 2.14. The molecule has 0 unspecified atom stereocenters. The number of benzene rings is 1. The smallest absolute Gasteiger partial charge is 0.251 e. The van der Waals surface area contributed by atoms with E-state index in [4.69, 9.17) is 5.14 Å². The van der Waals surface area contributed by atoms with E-state index in [0.29, 0.717) is 11.1 Å². The van der Waals surface area contributed by atoms with Gasteiger partial charge in [-0.3, -0.25) is 4.79 Å². The summed E-state index contributed by atoms with van der Waals surface area (Å²) in [6, 6.07) is 4.22. The third kappa shape index (κ3) is 3.54. The lowest BCUT2D eigenvalue weighted by molar-refractivity contribution is 0.0942. The number of aryl methyl sites for hydroxylation is 1. The van der Waals surface area contributed by atoms with E-state index in [1.807, 2.05) is 13.8 Å². The molecule has 0 bridgehead atoms. The molecule has 0 radical (unpaired) electrons. The molecule has 0 atom stereocenters. The number of carbonyl (C=O) groups excluding carboxylic acids is 1. The summed E-state index contributed by atoms with van der Waals surface area (Å²) in [7, 11) is -3.72. The second-order valence-corrected chi connectivity index (χ2v) is 5.71. The van der Waals surface area contributed by atoms with Crippen LogP contribution in [-0.4, -0.2) is 20.4 Å². The molecule has 0 fully saturated rings. The normalized spacial score (nSPS) is 11.6. The van der Waals surface area contributed by atoms with Crippen LogP contribution in [0.15, 0.2) is 23.1 Å². The predicted octanol–water partition coefficient (Wildman–Crippen LogP) is 0.781. The maximum absolute atomic E-state index is 11.7. The minimum atomic E-state index is -3.72. The van der Waals surface area contributed by atoms with Crippen molar-refractivity contribution in [3.05, 3.63) is 29.3 Å². The molecule has 1 aromatic rings. The minimum Gasteiger partial charge on any atom is -0.350 e. The van der Waals surface area contributed by atoms with Gasteiger partial charge < -0.3 is 5.32 Å². The molecular weight excluding hydrogens is 240 g/mol. The van der Waals surface area contributed by atoms with Crippen molar-refractivity contribution < 1.29 is 13.2 Å². The Balaban J connectivity index is 3.11. The molecular formula is C11H16N2O3S. The molecule has 0 saturated heterocycles. The van der Waals surface area contributed by atoms with Gasteiger partial charge in [-0.25, -0.2) is 13.6 Å². The van der Waals surface area contributed by atoms with Crippen molar-refractivity contribution in [2.24, 2.45) is 5.14 Å². The van der Waals surface area contributed by atoms with E-state index in [-0.39, 0.29) is 16.8 Å². The summed E-state index contributed by atoms with van der Waals surface area (Å²) in [5.41, 5.74) is 1.03. The van der Waals surface area contributed by atoms with Gasteiger partial charge in [-0.1, -0.05) is 0 Å². The first-order valence-corrected chi connectivity index (χ1v) is 6.71. The Kier molecular flexibility index (Phi) is 3.90. The summed E-state index contributed by atoms with van der Waals surface area (Å²) in [5, 5.41) is 7.74. The lowest BCUT2D eigenvalue weighted by atomic mass is 10.1. The lowest BCUT2D eigenvalue weighted by Crippen LogP contribution is -2.30. The van der Waals surface area contributed by atoms with E-state index >= 15 is 0 Å². The van der Waals surface area contributed by atoms with Gasteiger partial charge in [0.2, 0.25) is 10.0 Å². The second-order valence-electron chi connectivity index (χ2n) is 4.15. The fraction of sp³-hybridized carbons (Fsp3) is 0.364. The van der Waals surface area contributed by atoms with Crippen molar-refractivity contribution in [2.75, 3.05) is 0 Å². The minimum absolute atomic E-state index is 0.0103. The van der Waals surface area contributed by atoms with Crippen molar-refractivity contribution in [1.29, 1.82) is 0 Å². The Labute approximate surface area is 101 Å². The first-order valence-electron chi connectivity index (χ1n) is 5.16. The number of nitrogens with one attached hydrogen (secondary N) is 1. The maximum atomic E-state index is 11.7. The predicted molar refractivity (Wildman–Crippen MR) is 65.2 cm³/mol. The van der Waals surface area contributed by atoms with Crippen LogP contribution in [0.5, 0.6) is 0 Å². The van der Waals surface area contributed by atoms with Crippen molar-refractivity contribution in [3.8, 4) is 0 Å². The lowest BCUT2D eigenvalue weighted by Gasteiger charge is -2.11. The number of primary sulfonamides is 1. The van der Waals surface area contributed by atoms with Crippen molar-refractivity contribution >= 4 is 15.9 Å². The molecule has 6 heteroatoms. The number of carbonyl (C=O) groups is 1. The quantitative estimate of drug-likeness (QED) is 0.837. The Bertz CT molecular complexity index is 536. The van der Waals surface area contributed by atoms with Gasteiger partial charge >= 0.3 is 0 Å². The van der Waals surface area contributed by atoms with Gasteiger partial charge in [-0.05, 0) is 44.5 Å². The molecule has 1 rings (SSSR count). The van der Waals surface area contributed by atoms with E-state index in [1.54, 1.807) is 6.92 Å². The molecule has 0 aliphatic rings. The van der Waals surface area contributed by atoms with Crippen LogP contribution in [0.1, 0.15) is 29.8 Å². The third-order valence-electron chi connectivity index (χ3n) is 2.19. The summed E-state index contributed by atoms with van der Waals surface area (Å²) in [6.45, 7) is 5.38. The average molecular weight is 256 g/mol. The van der Waals surface area contributed by atoms with Crippen LogP contribution in [0.4, 0.5) is 0 Å². The van der Waals surface area contributed by atoms with Crippen molar-refractivity contribution in [2.45, 2.75) is 31.7 Å². The molecule has 1 amide bonds. The van der Waals surface area contributed by atoms with Crippen LogP contribution in [0.25, 0.3) is 0 Å². The van der Waals surface area contributed by atoms with Crippen molar-refractivity contribution in [1.82, 2.24) is 5.32 Å². The molecule has 0 aliphatic carbocycles. The van der Waals surface area contributed by atoms with Gasteiger partial charge in [0.25, 0.3) is 5.91 Å². The fourth-order valence-electron chi connectivity index (χ4n) is 1.41. The van der Waals surface area contributed by atoms with Crippen LogP contribution < -0.4 is 10.5 Å². The van der Waals surface area contributed by atoms with Gasteiger partial charge in [0.05, 0.1) is 4.90 Å².